The molecule has 11 heteroatoms. The third-order valence-corrected chi connectivity index (χ3v) is 5.36. The predicted octanol–water partition coefficient (Wildman–Crippen LogP) is 3.83. The molecule has 1 saturated heterocycles. The van der Waals surface area contributed by atoms with E-state index < -0.39 is 28.3 Å². The summed E-state index contributed by atoms with van der Waals surface area (Å²) in [6, 6.07) is 9.01. The second-order valence-electron chi connectivity index (χ2n) is 7.33. The van der Waals surface area contributed by atoms with Gasteiger partial charge in [0.15, 0.2) is 0 Å². The minimum atomic E-state index is -4.68. The lowest BCUT2D eigenvalue weighted by atomic mass is 9.95. The molecule has 0 bridgehead atoms. The van der Waals surface area contributed by atoms with Gasteiger partial charge in [0.25, 0.3) is 11.6 Å². The number of benzene rings is 2. The van der Waals surface area contributed by atoms with Gasteiger partial charge in [0.2, 0.25) is 5.91 Å². The van der Waals surface area contributed by atoms with Crippen molar-refractivity contribution in [1.29, 1.82) is 0 Å². The number of hydrogen-bond donors (Lipinski definition) is 2. The Balaban J connectivity index is 1.70. The first-order valence-corrected chi connectivity index (χ1v) is 9.84. The number of nitrogens with zero attached hydrogens (tertiary/aromatic N) is 2. The molecule has 2 amide bonds. The van der Waals surface area contributed by atoms with Gasteiger partial charge in [0.05, 0.1) is 21.7 Å². The number of rotatable bonds is 5. The van der Waals surface area contributed by atoms with Gasteiger partial charge in [-0.05, 0) is 37.1 Å². The number of halogens is 3. The molecule has 1 heterocycles. The monoisotopic (exact) mass is 450 g/mol. The van der Waals surface area contributed by atoms with Crippen molar-refractivity contribution in [2.24, 2.45) is 5.92 Å². The van der Waals surface area contributed by atoms with Crippen LogP contribution in [0.3, 0.4) is 0 Å². The summed E-state index contributed by atoms with van der Waals surface area (Å²) >= 11 is 0. The van der Waals surface area contributed by atoms with E-state index in [9.17, 15) is 32.9 Å². The third-order valence-electron chi connectivity index (χ3n) is 5.36. The van der Waals surface area contributed by atoms with Gasteiger partial charge < -0.3 is 15.5 Å². The quantitative estimate of drug-likeness (QED) is 0.532. The summed E-state index contributed by atoms with van der Waals surface area (Å²) in [5.41, 5.74) is -0.926. The van der Waals surface area contributed by atoms with E-state index >= 15 is 0 Å². The largest absolute Gasteiger partial charge is 0.416 e. The van der Waals surface area contributed by atoms with Gasteiger partial charge in [-0.25, -0.2) is 0 Å². The van der Waals surface area contributed by atoms with Crippen molar-refractivity contribution in [1.82, 2.24) is 5.32 Å². The van der Waals surface area contributed by atoms with Gasteiger partial charge in [0.1, 0.15) is 5.69 Å². The van der Waals surface area contributed by atoms with Crippen molar-refractivity contribution in [2.75, 3.05) is 30.4 Å². The van der Waals surface area contributed by atoms with Gasteiger partial charge in [0, 0.05) is 32.1 Å². The molecule has 2 aromatic carbocycles. The van der Waals surface area contributed by atoms with E-state index in [0.717, 1.165) is 12.1 Å². The van der Waals surface area contributed by atoms with Gasteiger partial charge in [-0.15, -0.1) is 0 Å². The minimum absolute atomic E-state index is 0.0896. The van der Waals surface area contributed by atoms with Crippen molar-refractivity contribution in [2.45, 2.75) is 19.0 Å². The highest BCUT2D eigenvalue weighted by Gasteiger charge is 2.35. The van der Waals surface area contributed by atoms with Crippen LogP contribution in [0.5, 0.6) is 0 Å². The second kappa shape index (κ2) is 9.25. The summed E-state index contributed by atoms with van der Waals surface area (Å²) in [6.45, 7) is 0.531. The predicted molar refractivity (Wildman–Crippen MR) is 111 cm³/mol. The Morgan fingerprint density at radius 1 is 1.12 bits per heavy atom. The highest BCUT2D eigenvalue weighted by atomic mass is 19.4. The zero-order chi connectivity index (χ0) is 23.5. The maximum Gasteiger partial charge on any atom is 0.416 e. The number of alkyl halides is 3. The molecule has 2 N–H and O–H groups in total. The zero-order valence-corrected chi connectivity index (χ0v) is 17.1. The standard InChI is InChI=1S/C21H21F3N4O4/c1-25-20(30)15-4-2-3-5-16(15)26-19(29)13-8-10-27(11-9-13)17-7-6-14(21(22,23)24)12-18(17)28(31)32/h2-7,12-13H,8-11H2,1H3,(H,25,30)(H,26,29). The first-order valence-electron chi connectivity index (χ1n) is 9.84. The van der Waals surface area contributed by atoms with Crippen molar-refractivity contribution in [3.05, 3.63) is 63.7 Å². The number of amides is 2. The van der Waals surface area contributed by atoms with E-state index in [4.69, 9.17) is 0 Å². The summed E-state index contributed by atoms with van der Waals surface area (Å²) in [5.74, 6) is -1.04. The Labute approximate surface area is 181 Å². The maximum absolute atomic E-state index is 12.9. The molecule has 0 saturated carbocycles. The Bertz CT molecular complexity index is 1030. The van der Waals surface area contributed by atoms with Crippen LogP contribution in [-0.2, 0) is 11.0 Å². The van der Waals surface area contributed by atoms with Crippen molar-refractivity contribution >= 4 is 28.9 Å². The van der Waals surface area contributed by atoms with Crippen LogP contribution in [0, 0.1) is 16.0 Å². The van der Waals surface area contributed by atoms with Crippen LogP contribution in [0.15, 0.2) is 42.5 Å². The third kappa shape index (κ3) is 4.98. The SMILES string of the molecule is CNC(=O)c1ccccc1NC(=O)C1CCN(c2ccc(C(F)(F)F)cc2[N+](=O)[O-])CC1. The van der Waals surface area contributed by atoms with Crippen molar-refractivity contribution in [3.63, 3.8) is 0 Å². The van der Waals surface area contributed by atoms with E-state index in [-0.39, 0.29) is 30.6 Å². The lowest BCUT2D eigenvalue weighted by molar-refractivity contribution is -0.384. The van der Waals surface area contributed by atoms with Crippen LogP contribution in [0.4, 0.5) is 30.2 Å². The highest BCUT2D eigenvalue weighted by Crippen LogP contribution is 2.37. The van der Waals surface area contributed by atoms with Crippen molar-refractivity contribution < 1.29 is 27.7 Å². The first-order chi connectivity index (χ1) is 15.1. The maximum atomic E-state index is 12.9. The number of nitrogens with one attached hydrogen (secondary N) is 2. The minimum Gasteiger partial charge on any atom is -0.366 e. The molecule has 32 heavy (non-hydrogen) atoms. The van der Waals surface area contributed by atoms with E-state index in [0.29, 0.717) is 30.2 Å². The lowest BCUT2D eigenvalue weighted by Gasteiger charge is -2.32. The molecule has 0 atom stereocenters. The average Bonchev–Trinajstić information content (AvgIpc) is 2.78. The summed E-state index contributed by atoms with van der Waals surface area (Å²) in [7, 11) is 1.48. The highest BCUT2D eigenvalue weighted by molar-refractivity contribution is 6.04. The van der Waals surface area contributed by atoms with Crippen LogP contribution in [-0.4, -0.2) is 36.9 Å². The topological polar surface area (TPSA) is 105 Å². The van der Waals surface area contributed by atoms with Crippen LogP contribution in [0.1, 0.15) is 28.8 Å². The van der Waals surface area contributed by atoms with Crippen LogP contribution in [0.2, 0.25) is 0 Å². The molecule has 1 aliphatic heterocycles. The number of hydrogen-bond acceptors (Lipinski definition) is 5. The first kappa shape index (κ1) is 23.0. The van der Waals surface area contributed by atoms with E-state index in [1.54, 1.807) is 29.2 Å². The van der Waals surface area contributed by atoms with Crippen LogP contribution < -0.4 is 15.5 Å². The van der Waals surface area contributed by atoms with Gasteiger partial charge >= 0.3 is 6.18 Å². The molecule has 8 nitrogen and oxygen atoms in total. The fourth-order valence-corrected chi connectivity index (χ4v) is 3.66. The number of carbonyl (C=O) groups is 2. The van der Waals surface area contributed by atoms with Gasteiger partial charge in [-0.3, -0.25) is 19.7 Å². The van der Waals surface area contributed by atoms with Crippen LogP contribution >= 0.6 is 0 Å². The smallest absolute Gasteiger partial charge is 0.366 e. The molecule has 0 spiro atoms. The average molecular weight is 450 g/mol. The van der Waals surface area contributed by atoms with E-state index in [1.165, 1.54) is 7.05 Å². The molecule has 170 valence electrons. The Kier molecular flexibility index (Phi) is 6.66. The fraction of sp³-hybridized carbons (Fsp3) is 0.333. The summed E-state index contributed by atoms with van der Waals surface area (Å²) in [5, 5.41) is 16.6. The van der Waals surface area contributed by atoms with Crippen molar-refractivity contribution in [3.8, 4) is 0 Å². The Morgan fingerprint density at radius 3 is 2.38 bits per heavy atom. The molecular formula is C21H21F3N4O4. The van der Waals surface area contributed by atoms with E-state index in [2.05, 4.69) is 10.6 Å². The normalized spacial score (nSPS) is 14.7. The second-order valence-corrected chi connectivity index (χ2v) is 7.33. The molecule has 0 aliphatic carbocycles. The molecule has 3 rings (SSSR count). The molecule has 0 aromatic heterocycles. The number of anilines is 2. The molecule has 1 fully saturated rings. The lowest BCUT2D eigenvalue weighted by Crippen LogP contribution is -2.38. The Hall–Kier alpha value is -3.63. The summed E-state index contributed by atoms with van der Waals surface area (Å²) in [4.78, 5) is 36.8. The number of nitro groups is 1. The molecular weight excluding hydrogens is 429 g/mol. The summed E-state index contributed by atoms with van der Waals surface area (Å²) < 4.78 is 38.8. The summed E-state index contributed by atoms with van der Waals surface area (Å²) in [6.07, 6.45) is -3.97. The number of carbonyl (C=O) groups excluding carboxylic acids is 2. The van der Waals surface area contributed by atoms with E-state index in [1.807, 2.05) is 0 Å². The van der Waals surface area contributed by atoms with Gasteiger partial charge in [-0.1, -0.05) is 12.1 Å². The molecule has 0 unspecified atom stereocenters. The zero-order valence-electron chi connectivity index (χ0n) is 17.1. The van der Waals surface area contributed by atoms with Gasteiger partial charge in [-0.2, -0.15) is 13.2 Å². The molecule has 0 radical (unpaired) electrons. The molecule has 2 aromatic rings. The molecule has 1 aliphatic rings. The number of piperidine rings is 1. The Morgan fingerprint density at radius 2 is 1.78 bits per heavy atom. The number of para-hydroxylation sites is 1. The van der Waals surface area contributed by atoms with Crippen LogP contribution in [0.25, 0.3) is 0 Å². The fourth-order valence-electron chi connectivity index (χ4n) is 3.66. The number of nitro benzene ring substituents is 1.